The highest BCUT2D eigenvalue weighted by atomic mass is 16.5. The van der Waals surface area contributed by atoms with Gasteiger partial charge in [0.25, 0.3) is 5.56 Å². The highest BCUT2D eigenvalue weighted by Crippen LogP contribution is 2.18. The highest BCUT2D eigenvalue weighted by Gasteiger charge is 2.21. The first-order valence-electron chi connectivity index (χ1n) is 9.55. The average molecular weight is 392 g/mol. The summed E-state index contributed by atoms with van der Waals surface area (Å²) in [5.74, 6) is -0.325. The summed E-state index contributed by atoms with van der Waals surface area (Å²) in [5, 5.41) is 0.502. The maximum atomic E-state index is 12.7. The number of nitrogens with zero attached hydrogens (tertiary/aromatic N) is 1. The molecule has 0 radical (unpaired) electrons. The number of aromatic nitrogens is 2. The molecule has 1 aromatic heterocycles. The number of ether oxygens (including phenoxy) is 1. The smallest absolute Gasteiger partial charge is 0.306 e. The lowest BCUT2D eigenvalue weighted by Gasteiger charge is -2.15. The van der Waals surface area contributed by atoms with Crippen LogP contribution >= 0.6 is 0 Å². The van der Waals surface area contributed by atoms with Gasteiger partial charge < -0.3 is 9.72 Å². The number of aryl methyl sites for hydroxylation is 4. The van der Waals surface area contributed by atoms with E-state index < -0.39 is 12.1 Å². The number of rotatable bonds is 6. The highest BCUT2D eigenvalue weighted by molar-refractivity contribution is 6.01. The van der Waals surface area contributed by atoms with Gasteiger partial charge in [0.2, 0.25) is 5.78 Å². The number of H-pyrrole nitrogens is 1. The number of hydrogen-bond acceptors (Lipinski definition) is 5. The molecule has 0 fully saturated rings. The molecule has 3 rings (SSSR count). The van der Waals surface area contributed by atoms with Crippen LogP contribution in [0.2, 0.25) is 0 Å². The summed E-state index contributed by atoms with van der Waals surface area (Å²) >= 11 is 0. The van der Waals surface area contributed by atoms with Gasteiger partial charge in [-0.1, -0.05) is 18.2 Å². The number of Topliss-reactive ketones (excluding diaryl/α,β-unsaturated/α-hetero) is 1. The van der Waals surface area contributed by atoms with Crippen molar-refractivity contribution in [1.29, 1.82) is 0 Å². The van der Waals surface area contributed by atoms with Crippen LogP contribution in [-0.4, -0.2) is 27.8 Å². The molecular formula is C23H24N2O4. The molecule has 29 heavy (non-hydrogen) atoms. The number of ketones is 1. The first-order valence-corrected chi connectivity index (χ1v) is 9.55. The summed E-state index contributed by atoms with van der Waals surface area (Å²) in [6, 6.07) is 10.8. The van der Waals surface area contributed by atoms with Gasteiger partial charge in [0.15, 0.2) is 6.10 Å². The summed E-state index contributed by atoms with van der Waals surface area (Å²) in [5.41, 5.74) is 3.89. The normalized spacial score (nSPS) is 12.0. The van der Waals surface area contributed by atoms with Gasteiger partial charge in [-0.25, -0.2) is 4.98 Å². The zero-order chi connectivity index (χ0) is 21.1. The lowest BCUT2D eigenvalue weighted by Crippen LogP contribution is -2.25. The third-order valence-electron chi connectivity index (χ3n) is 5.01. The molecule has 0 aliphatic carbocycles. The molecular weight excluding hydrogens is 368 g/mol. The first kappa shape index (κ1) is 20.5. The number of carbonyl (C=O) groups excluding carboxylic acids is 2. The van der Waals surface area contributed by atoms with Crippen molar-refractivity contribution in [2.75, 3.05) is 0 Å². The zero-order valence-electron chi connectivity index (χ0n) is 17.0. The predicted molar refractivity (Wildman–Crippen MR) is 111 cm³/mol. The molecule has 0 amide bonds. The minimum Gasteiger partial charge on any atom is -0.454 e. The van der Waals surface area contributed by atoms with E-state index in [-0.39, 0.29) is 24.2 Å². The molecule has 1 heterocycles. The topological polar surface area (TPSA) is 89.1 Å². The Labute approximate surface area is 168 Å². The number of fused-ring (bicyclic) bond motifs is 1. The van der Waals surface area contributed by atoms with Crippen LogP contribution in [-0.2, 0) is 16.0 Å². The van der Waals surface area contributed by atoms with Gasteiger partial charge in [-0.15, -0.1) is 0 Å². The summed E-state index contributed by atoms with van der Waals surface area (Å²) in [6.07, 6.45) is -0.639. The van der Waals surface area contributed by atoms with Crippen LogP contribution in [0.15, 0.2) is 41.2 Å². The van der Waals surface area contributed by atoms with Gasteiger partial charge in [-0.3, -0.25) is 14.4 Å². The number of nitrogens with one attached hydrogen (secondary N) is 1. The zero-order valence-corrected chi connectivity index (χ0v) is 17.0. The van der Waals surface area contributed by atoms with Gasteiger partial charge in [0, 0.05) is 12.0 Å². The van der Waals surface area contributed by atoms with Crippen molar-refractivity contribution in [3.63, 3.8) is 0 Å². The fourth-order valence-corrected chi connectivity index (χ4v) is 3.23. The van der Waals surface area contributed by atoms with Crippen LogP contribution < -0.4 is 5.56 Å². The van der Waals surface area contributed by atoms with Crippen molar-refractivity contribution in [2.24, 2.45) is 0 Å². The minimum absolute atomic E-state index is 0.0187. The molecule has 1 N–H and O–H groups in total. The SMILES string of the molecule is Cc1cc(C)c(C(=O)[C@@H](C)OC(=O)CCc2nc3ccccc3c(=O)[nH]2)cc1C. The maximum absolute atomic E-state index is 12.7. The molecule has 0 aliphatic rings. The van der Waals surface area contributed by atoms with Crippen molar-refractivity contribution in [1.82, 2.24) is 9.97 Å². The molecule has 0 bridgehead atoms. The Hall–Kier alpha value is -3.28. The first-order chi connectivity index (χ1) is 13.8. The van der Waals surface area contributed by atoms with E-state index in [0.29, 0.717) is 22.3 Å². The van der Waals surface area contributed by atoms with Gasteiger partial charge >= 0.3 is 5.97 Å². The number of esters is 1. The van der Waals surface area contributed by atoms with Gasteiger partial charge in [-0.05, 0) is 62.6 Å². The molecule has 0 saturated heterocycles. The molecule has 0 spiro atoms. The Morgan fingerprint density at radius 3 is 2.52 bits per heavy atom. The fourth-order valence-electron chi connectivity index (χ4n) is 3.23. The second kappa shape index (κ2) is 8.39. The van der Waals surface area contributed by atoms with Crippen molar-refractivity contribution < 1.29 is 14.3 Å². The fraction of sp³-hybridized carbons (Fsp3) is 0.304. The number of hydrogen-bond donors (Lipinski definition) is 1. The minimum atomic E-state index is -0.882. The van der Waals surface area contributed by atoms with Crippen LogP contribution in [0.1, 0.15) is 46.2 Å². The van der Waals surface area contributed by atoms with Gasteiger partial charge in [0.05, 0.1) is 17.3 Å². The summed E-state index contributed by atoms with van der Waals surface area (Å²) in [4.78, 5) is 44.1. The molecule has 2 aromatic carbocycles. The second-order valence-electron chi connectivity index (χ2n) is 7.28. The molecule has 6 heteroatoms. The van der Waals surface area contributed by atoms with Crippen molar-refractivity contribution in [2.45, 2.75) is 46.6 Å². The standard InChI is InChI=1S/C23H24N2O4/c1-13-11-15(3)18(12-14(13)2)22(27)16(4)29-21(26)10-9-20-24-19-8-6-5-7-17(19)23(28)25-20/h5-8,11-12,16H,9-10H2,1-4H3,(H,24,25,28)/t16-/m1/s1. The Bertz CT molecular complexity index is 1150. The molecule has 0 unspecified atom stereocenters. The van der Waals surface area contributed by atoms with Crippen LogP contribution in [0.5, 0.6) is 0 Å². The molecule has 0 saturated carbocycles. The van der Waals surface area contributed by atoms with Crippen LogP contribution in [0.4, 0.5) is 0 Å². The Balaban J connectivity index is 1.64. The average Bonchev–Trinajstić information content (AvgIpc) is 2.68. The van der Waals surface area contributed by atoms with Crippen molar-refractivity contribution in [3.05, 3.63) is 74.8 Å². The van der Waals surface area contributed by atoms with Crippen molar-refractivity contribution >= 4 is 22.7 Å². The van der Waals surface area contributed by atoms with E-state index in [9.17, 15) is 14.4 Å². The van der Waals surface area contributed by atoms with Crippen molar-refractivity contribution in [3.8, 4) is 0 Å². The molecule has 1 atom stereocenters. The molecule has 0 aliphatic heterocycles. The number of carbonyl (C=O) groups is 2. The van der Waals surface area contributed by atoms with E-state index in [4.69, 9.17) is 4.74 Å². The Morgan fingerprint density at radius 1 is 1.07 bits per heavy atom. The third-order valence-corrected chi connectivity index (χ3v) is 5.01. The molecule has 150 valence electrons. The molecule has 3 aromatic rings. The maximum Gasteiger partial charge on any atom is 0.306 e. The summed E-state index contributed by atoms with van der Waals surface area (Å²) in [6.45, 7) is 7.38. The van der Waals surface area contributed by atoms with Crippen LogP contribution in [0.3, 0.4) is 0 Å². The van der Waals surface area contributed by atoms with E-state index in [2.05, 4.69) is 9.97 Å². The summed E-state index contributed by atoms with van der Waals surface area (Å²) in [7, 11) is 0. The van der Waals surface area contributed by atoms with E-state index >= 15 is 0 Å². The third kappa shape index (κ3) is 4.59. The van der Waals surface area contributed by atoms with Crippen LogP contribution in [0, 0.1) is 20.8 Å². The van der Waals surface area contributed by atoms with Crippen LogP contribution in [0.25, 0.3) is 10.9 Å². The van der Waals surface area contributed by atoms with Gasteiger partial charge in [0.1, 0.15) is 5.82 Å². The van der Waals surface area contributed by atoms with E-state index in [1.54, 1.807) is 31.2 Å². The monoisotopic (exact) mass is 392 g/mol. The van der Waals surface area contributed by atoms with E-state index in [1.165, 1.54) is 0 Å². The largest absolute Gasteiger partial charge is 0.454 e. The van der Waals surface area contributed by atoms with E-state index in [1.807, 2.05) is 32.9 Å². The summed E-state index contributed by atoms with van der Waals surface area (Å²) < 4.78 is 5.32. The quantitative estimate of drug-likeness (QED) is 0.511. The lowest BCUT2D eigenvalue weighted by molar-refractivity contribution is -0.146. The second-order valence-corrected chi connectivity index (χ2v) is 7.28. The predicted octanol–water partition coefficient (Wildman–Crippen LogP) is 3.60. The lowest BCUT2D eigenvalue weighted by atomic mass is 9.96. The number of para-hydroxylation sites is 1. The number of benzene rings is 2. The Morgan fingerprint density at radius 2 is 1.76 bits per heavy atom. The molecule has 6 nitrogen and oxygen atoms in total. The van der Waals surface area contributed by atoms with E-state index in [0.717, 1.165) is 16.7 Å². The Kier molecular flexibility index (Phi) is 5.92. The van der Waals surface area contributed by atoms with Gasteiger partial charge in [-0.2, -0.15) is 0 Å². The number of aromatic amines is 1.